The van der Waals surface area contributed by atoms with E-state index in [9.17, 15) is 14.4 Å². The molecule has 3 atom stereocenters. The van der Waals surface area contributed by atoms with Crippen LogP contribution >= 0.6 is 0 Å². The van der Waals surface area contributed by atoms with Crippen molar-refractivity contribution in [2.75, 3.05) is 13.0 Å². The maximum atomic E-state index is 10.3. The van der Waals surface area contributed by atoms with Gasteiger partial charge in [0.25, 0.3) is 0 Å². The topological polar surface area (TPSA) is 328 Å². The monoisotopic (exact) mass is 533 g/mol. The number of carbonyl (C=O) groups is 3. The Bertz CT molecular complexity index is 900. The third-order valence-electron chi connectivity index (χ3n) is 2.89. The Morgan fingerprint density at radius 3 is 1.67 bits per heavy atom. The first kappa shape index (κ1) is 28.4. The van der Waals surface area contributed by atoms with Crippen LogP contribution in [0.5, 0.6) is 0 Å². The van der Waals surface area contributed by atoms with Gasteiger partial charge in [0.1, 0.15) is 18.1 Å². The predicted octanol–water partition coefficient (Wildman–Crippen LogP) is -7.00. The van der Waals surface area contributed by atoms with Crippen molar-refractivity contribution in [2.45, 2.75) is 63.6 Å². The van der Waals surface area contributed by atoms with Crippen LogP contribution in [-0.2, 0) is 14.4 Å². The predicted molar refractivity (Wildman–Crippen MR) is 140 cm³/mol. The van der Waals surface area contributed by atoms with Crippen molar-refractivity contribution >= 4 is 45.6 Å². The maximum Gasteiger partial charge on any atom is 1.00 e. The van der Waals surface area contributed by atoms with Gasteiger partial charge in [-0.05, 0) is 45.5 Å². The smallest absolute Gasteiger partial charge is 0.480 e. The summed E-state index contributed by atoms with van der Waals surface area (Å²) in [5.41, 5.74) is 29.6. The molecule has 0 unspecified atom stereocenters. The maximum absolute atomic E-state index is 10.3. The van der Waals surface area contributed by atoms with E-state index < -0.39 is 57.3 Å². The largest absolute Gasteiger partial charge is 1.00 e. The first-order chi connectivity index (χ1) is 19.0. The molecular formula is C18H42B2N9NaO6. The van der Waals surface area contributed by atoms with E-state index in [0.717, 1.165) is 0 Å². The van der Waals surface area contributed by atoms with Gasteiger partial charge in [0.15, 0.2) is 7.85 Å². The number of carboxylic acids is 3. The molecule has 16 N–H and O–H groups in total. The summed E-state index contributed by atoms with van der Waals surface area (Å²) in [4.78, 5) is 33.7. The zero-order valence-electron chi connectivity index (χ0n) is 28.6. The summed E-state index contributed by atoms with van der Waals surface area (Å²) in [6.07, 6.45) is 0.274. The zero-order valence-corrected chi connectivity index (χ0v) is 22.6. The van der Waals surface area contributed by atoms with Crippen molar-refractivity contribution in [1.29, 1.82) is 16.0 Å². The molecule has 0 aromatic rings. The number of hydrogen-bond acceptors (Lipinski definition) is 10. The number of nitrogens with zero attached hydrogens (tertiary/aromatic N) is 2. The van der Waals surface area contributed by atoms with Gasteiger partial charge in [0, 0.05) is 21.4 Å². The Hall–Kier alpha value is -2.19. The summed E-state index contributed by atoms with van der Waals surface area (Å²) in [7, 11) is 1.98. The molecule has 0 saturated carbocycles. The standard InChI is InChI=1S/C6H12BN3O2.C5H12N2O2.C5H8N2O2.C2H6N2.BH4.Na/c7-6(9)10-3-1-2-4(8)5(11)12;2*6-3-1-2-4(7)5(8)9;1-2(3)4;;/h4H,1-3,8H2,(H2,9,10)(H,11,12);4H,1-3,6-7H2,(H,8,9);4H,1-2,7H2,(H,8,9);1H3,(H3,3,4);1H4;/q;;;;-1;+1/t3*4-;;;/m000.../s1/i2*3D2;;;1D4;. The average molecular weight is 533 g/mol. The Morgan fingerprint density at radius 2 is 1.39 bits per heavy atom. The molecule has 0 heterocycles. The van der Waals surface area contributed by atoms with Crippen molar-refractivity contribution < 1.29 is 64.7 Å². The minimum absolute atomic E-state index is 0. The number of nitrogens with two attached hydrogens (primary N) is 6. The Kier molecular flexibility index (Phi) is 25.9. The number of aliphatic carboxylic acids is 3. The van der Waals surface area contributed by atoms with E-state index in [4.69, 9.17) is 79.1 Å². The molecule has 0 saturated heterocycles. The zero-order chi connectivity index (χ0) is 35.8. The van der Waals surface area contributed by atoms with Gasteiger partial charge in [-0.1, -0.05) is 8.27 Å². The van der Waals surface area contributed by atoms with Crippen molar-refractivity contribution in [1.82, 2.24) is 0 Å². The van der Waals surface area contributed by atoms with Crippen LogP contribution in [0.1, 0.15) is 50.9 Å². The van der Waals surface area contributed by atoms with Gasteiger partial charge >= 0.3 is 47.5 Å². The number of rotatable bonds is 12. The van der Waals surface area contributed by atoms with Crippen molar-refractivity contribution in [3.05, 3.63) is 0 Å². The molecule has 0 bridgehead atoms. The van der Waals surface area contributed by atoms with Gasteiger partial charge in [-0.3, -0.25) is 24.8 Å². The molecule has 2 radical (unpaired) electrons. The van der Waals surface area contributed by atoms with Crippen LogP contribution in [0.3, 0.4) is 0 Å². The number of aliphatic imine (C=N–C) groups is 1. The number of nitriles is 1. The average Bonchev–Trinajstić information content (AvgIpc) is 2.77. The molecule has 0 aliphatic carbocycles. The quantitative estimate of drug-likeness (QED) is 0.0634. The van der Waals surface area contributed by atoms with Crippen LogP contribution in [0.2, 0.25) is 0 Å². The fourth-order valence-electron chi connectivity index (χ4n) is 1.20. The van der Waals surface area contributed by atoms with Gasteiger partial charge in [0.2, 0.25) is 0 Å². The molecule has 202 valence electrons. The fourth-order valence-corrected chi connectivity index (χ4v) is 1.20. The molecule has 18 heteroatoms. The van der Waals surface area contributed by atoms with Gasteiger partial charge in [-0.25, -0.2) is 5.34 Å². The molecule has 36 heavy (non-hydrogen) atoms. The SMILES string of the molecule is CC(=N)N.N#CCC[C@H](N)C(=O)O.[2H]C([2H])(CC[C@H](N)C(=O)O)N=C([B])N.[2H]C([2H])(N)CC[C@H](N)C(=O)O.[2H][B-]([2H])([2H])[2H].[Na+]. The van der Waals surface area contributed by atoms with Gasteiger partial charge in [-0.2, -0.15) is 5.26 Å². The molecular weight excluding hydrogens is 483 g/mol. The number of carboxylic acid groups (broad SMARTS) is 3. The summed E-state index contributed by atoms with van der Waals surface area (Å²) in [6, 6.07) is -1.19. The second-order valence-corrected chi connectivity index (χ2v) is 6.19. The molecule has 15 nitrogen and oxygen atoms in total. The van der Waals surface area contributed by atoms with E-state index in [1.165, 1.54) is 6.92 Å². The van der Waals surface area contributed by atoms with Gasteiger partial charge in [-0.15, -0.1) is 0 Å². The molecule has 0 spiro atoms. The summed E-state index contributed by atoms with van der Waals surface area (Å²) in [5, 5.41) is 39.2. The number of amidine groups is 2. The van der Waals surface area contributed by atoms with Crippen molar-refractivity contribution in [3.8, 4) is 6.07 Å². The summed E-state index contributed by atoms with van der Waals surface area (Å²) in [5.74, 6) is -3.19. The van der Waals surface area contributed by atoms with E-state index in [1.54, 1.807) is 0 Å². The Labute approximate surface area is 248 Å². The van der Waals surface area contributed by atoms with Gasteiger partial charge < -0.3 is 49.7 Å². The fraction of sp³-hybridized carbons (Fsp3) is 0.667. The first-order valence-electron chi connectivity index (χ1n) is 13.8. The van der Waals surface area contributed by atoms with Crippen LogP contribution in [0.25, 0.3) is 0 Å². The first-order valence-corrected chi connectivity index (χ1v) is 9.51. The van der Waals surface area contributed by atoms with E-state index in [1.807, 2.05) is 6.07 Å². The Morgan fingerprint density at radius 1 is 1.06 bits per heavy atom. The van der Waals surface area contributed by atoms with Crippen LogP contribution in [-0.4, -0.2) is 97.4 Å². The molecule has 0 aromatic heterocycles. The second kappa shape index (κ2) is 32.8. The normalized spacial score (nSPS) is 15.9. The minimum atomic E-state index is -3.00. The molecule has 0 aliphatic heterocycles. The Balaban J connectivity index is -0.000000109. The van der Waals surface area contributed by atoms with Crippen LogP contribution in [0.15, 0.2) is 4.99 Å². The van der Waals surface area contributed by atoms with E-state index in [0.29, 0.717) is 0 Å². The third kappa shape index (κ3) is 49.1. The van der Waals surface area contributed by atoms with Crippen LogP contribution < -0.4 is 64.0 Å². The third-order valence-corrected chi connectivity index (χ3v) is 2.89. The summed E-state index contributed by atoms with van der Waals surface area (Å²) in [6.45, 7) is -2.26. The van der Waals surface area contributed by atoms with Crippen LogP contribution in [0, 0.1) is 16.7 Å². The minimum Gasteiger partial charge on any atom is -0.480 e. The number of hydrogen-bond donors (Lipinski definition) is 10. The number of nitrogens with one attached hydrogen (secondary N) is 1. The molecule has 0 aliphatic rings. The second-order valence-electron chi connectivity index (χ2n) is 6.19. The van der Waals surface area contributed by atoms with Crippen molar-refractivity contribution in [3.63, 3.8) is 0 Å². The molecule has 0 fully saturated rings. The van der Waals surface area contributed by atoms with Gasteiger partial charge in [0.05, 0.1) is 14.6 Å². The molecule has 0 rings (SSSR count). The summed E-state index contributed by atoms with van der Waals surface area (Å²) >= 11 is 0. The summed E-state index contributed by atoms with van der Waals surface area (Å²) < 4.78 is 52.2. The molecule has 0 aromatic carbocycles. The van der Waals surface area contributed by atoms with E-state index >= 15 is 0 Å². The van der Waals surface area contributed by atoms with Crippen molar-refractivity contribution in [2.24, 2.45) is 39.4 Å². The van der Waals surface area contributed by atoms with E-state index in [-0.39, 0.29) is 79.7 Å². The molecule has 0 amide bonds. The van der Waals surface area contributed by atoms with Crippen LogP contribution in [0.4, 0.5) is 0 Å². The van der Waals surface area contributed by atoms with E-state index in [2.05, 4.69) is 4.99 Å².